The number of halogens is 3. The van der Waals surface area contributed by atoms with E-state index in [0.717, 1.165) is 32.1 Å². The molecule has 2 N–H and O–H groups in total. The van der Waals surface area contributed by atoms with E-state index < -0.39 is 19.9 Å². The van der Waals surface area contributed by atoms with Gasteiger partial charge in [0.1, 0.15) is 17.5 Å². The molecule has 2 aromatic rings. The highest BCUT2D eigenvalue weighted by atomic mass is 32.2. The second-order valence-corrected chi connectivity index (χ2v) is 10.8. The molecule has 188 valence electrons. The van der Waals surface area contributed by atoms with Crippen LogP contribution < -0.4 is 5.32 Å². The molecule has 1 unspecified atom stereocenters. The molecule has 1 saturated carbocycles. The summed E-state index contributed by atoms with van der Waals surface area (Å²) in [5, 5.41) is 2.98. The van der Waals surface area contributed by atoms with Crippen LogP contribution in [0.4, 0.5) is 13.2 Å². The van der Waals surface area contributed by atoms with Gasteiger partial charge in [-0.1, -0.05) is 31.4 Å². The Labute approximate surface area is 204 Å². The zero-order chi connectivity index (χ0) is 24.4. The highest BCUT2D eigenvalue weighted by molar-refractivity contribution is 7.99. The molecule has 0 radical (unpaired) electrons. The van der Waals surface area contributed by atoms with Crippen LogP contribution in [-0.4, -0.2) is 23.8 Å². The summed E-state index contributed by atoms with van der Waals surface area (Å²) in [5.41, 5.74) is 1.58. The number of hydrogen-bond donors (Lipinski definition) is 2. The Morgan fingerprint density at radius 2 is 1.76 bits per heavy atom. The number of benzene rings is 2. The largest absolute Gasteiger partial charge is 0.326 e. The highest BCUT2D eigenvalue weighted by Crippen LogP contribution is 2.45. The van der Waals surface area contributed by atoms with E-state index in [2.05, 4.69) is 9.84 Å². The van der Waals surface area contributed by atoms with Crippen LogP contribution in [0.15, 0.2) is 41.3 Å². The molecule has 9 heteroatoms. The summed E-state index contributed by atoms with van der Waals surface area (Å²) in [6, 6.07) is 9.39. The molecule has 0 saturated heterocycles. The molecule has 1 aliphatic carbocycles. The molecule has 0 spiro atoms. The average molecular weight is 516 g/mol. The Morgan fingerprint density at radius 1 is 1.03 bits per heavy atom. The van der Waals surface area contributed by atoms with Crippen LogP contribution in [0, 0.1) is 17.5 Å². The van der Waals surface area contributed by atoms with Crippen molar-refractivity contribution in [1.82, 2.24) is 5.32 Å². The topological polar surface area (TPSA) is 58.6 Å². The molecule has 34 heavy (non-hydrogen) atoms. The highest BCUT2D eigenvalue weighted by Gasteiger charge is 2.34. The number of rotatable bonds is 14. The molecule has 0 amide bonds. The molecular formula is C25H33F3NO3PS. The molecule has 1 fully saturated rings. The lowest BCUT2D eigenvalue weighted by Gasteiger charge is -2.30. The van der Waals surface area contributed by atoms with Crippen molar-refractivity contribution in [2.24, 2.45) is 0 Å². The first-order chi connectivity index (χ1) is 16.4. The summed E-state index contributed by atoms with van der Waals surface area (Å²) < 4.78 is 57.3. The van der Waals surface area contributed by atoms with Crippen LogP contribution >= 0.6 is 20.0 Å². The Kier molecular flexibility index (Phi) is 11.0. The second kappa shape index (κ2) is 13.7. The minimum absolute atomic E-state index is 0.118. The van der Waals surface area contributed by atoms with E-state index in [-0.39, 0.29) is 29.9 Å². The Balaban J connectivity index is 1.42. The first-order valence-electron chi connectivity index (χ1n) is 11.8. The predicted molar refractivity (Wildman–Crippen MR) is 131 cm³/mol. The van der Waals surface area contributed by atoms with E-state index in [1.54, 1.807) is 0 Å². The van der Waals surface area contributed by atoms with Gasteiger partial charge in [0.25, 0.3) is 0 Å². The predicted octanol–water partition coefficient (Wildman–Crippen LogP) is 6.76. The number of nitrogens with one attached hydrogen (secondary N) is 1. The Bertz CT molecular complexity index is 940. The van der Waals surface area contributed by atoms with Gasteiger partial charge in [0, 0.05) is 17.0 Å². The molecule has 4 nitrogen and oxygen atoms in total. The molecular weight excluding hydrogens is 482 g/mol. The maximum atomic E-state index is 14.5. The van der Waals surface area contributed by atoms with E-state index >= 15 is 0 Å². The van der Waals surface area contributed by atoms with E-state index in [0.29, 0.717) is 23.6 Å². The van der Waals surface area contributed by atoms with Gasteiger partial charge in [-0.05, 0) is 79.6 Å². The van der Waals surface area contributed by atoms with E-state index in [4.69, 9.17) is 4.89 Å². The fraction of sp³-hybridized carbons (Fsp3) is 0.520. The van der Waals surface area contributed by atoms with Crippen molar-refractivity contribution in [3.63, 3.8) is 0 Å². The first-order valence-corrected chi connectivity index (χ1v) is 14.1. The molecule has 0 bridgehead atoms. The van der Waals surface area contributed by atoms with Crippen molar-refractivity contribution >= 4 is 20.0 Å². The van der Waals surface area contributed by atoms with Gasteiger partial charge in [-0.2, -0.15) is 0 Å². The Morgan fingerprint density at radius 3 is 2.47 bits per heavy atom. The standard InChI is InChI=1S/C25H33F3NO3PS/c26-21-8-6-20(7-9-21)25(10-1-2-11-25)12-3-4-15-34-24-17-22(27)19(16-23(24)28)18-29-13-5-14-32-33(30)31/h6-9,16-17,29,33H,1-5,10-15,18H2,(H,30,31). The maximum absolute atomic E-state index is 14.5. The Hall–Kier alpha value is -1.31. The van der Waals surface area contributed by atoms with Crippen LogP contribution in [0.25, 0.3) is 0 Å². The van der Waals surface area contributed by atoms with Gasteiger partial charge in [-0.25, -0.2) is 13.2 Å². The fourth-order valence-electron chi connectivity index (χ4n) is 4.68. The van der Waals surface area contributed by atoms with Gasteiger partial charge in [0.15, 0.2) is 0 Å². The quantitative estimate of drug-likeness (QED) is 0.165. The number of thioether (sulfide) groups is 1. The summed E-state index contributed by atoms with van der Waals surface area (Å²) in [6.07, 6.45) is 8.04. The van der Waals surface area contributed by atoms with Gasteiger partial charge in [0.05, 0.1) is 6.61 Å². The van der Waals surface area contributed by atoms with Gasteiger partial charge in [-0.3, -0.25) is 4.57 Å². The van der Waals surface area contributed by atoms with E-state index in [1.807, 2.05) is 12.1 Å². The molecule has 2 aromatic carbocycles. The van der Waals surface area contributed by atoms with Crippen molar-refractivity contribution in [1.29, 1.82) is 0 Å². The lowest BCUT2D eigenvalue weighted by molar-refractivity contribution is 0.276. The normalized spacial score (nSPS) is 16.1. The third-order valence-corrected chi connectivity index (χ3v) is 8.03. The lowest BCUT2D eigenvalue weighted by Crippen LogP contribution is -2.22. The van der Waals surface area contributed by atoms with Crippen LogP contribution in [0.2, 0.25) is 0 Å². The molecule has 1 aliphatic rings. The number of hydrogen-bond acceptors (Lipinski definition) is 4. The van der Waals surface area contributed by atoms with Gasteiger partial charge in [-0.15, -0.1) is 11.8 Å². The van der Waals surface area contributed by atoms with E-state index in [1.165, 1.54) is 54.4 Å². The van der Waals surface area contributed by atoms with Gasteiger partial charge < -0.3 is 14.7 Å². The summed E-state index contributed by atoms with van der Waals surface area (Å²) in [6.45, 7) is 0.776. The van der Waals surface area contributed by atoms with Crippen molar-refractivity contribution in [2.75, 3.05) is 18.9 Å². The zero-order valence-corrected chi connectivity index (χ0v) is 21.1. The molecule has 0 aromatic heterocycles. The molecule has 1 atom stereocenters. The summed E-state index contributed by atoms with van der Waals surface area (Å²) in [4.78, 5) is 8.90. The third-order valence-electron chi connectivity index (χ3n) is 6.46. The van der Waals surface area contributed by atoms with E-state index in [9.17, 15) is 17.7 Å². The second-order valence-electron chi connectivity index (χ2n) is 8.82. The van der Waals surface area contributed by atoms with Crippen LogP contribution in [-0.2, 0) is 21.0 Å². The van der Waals surface area contributed by atoms with Crippen LogP contribution in [0.3, 0.4) is 0 Å². The molecule has 3 rings (SSSR count). The lowest BCUT2D eigenvalue weighted by atomic mass is 9.75. The molecule has 0 heterocycles. The minimum Gasteiger partial charge on any atom is -0.326 e. The summed E-state index contributed by atoms with van der Waals surface area (Å²) in [5.74, 6) is -0.378. The minimum atomic E-state index is -2.93. The molecule has 0 aliphatic heterocycles. The van der Waals surface area contributed by atoms with Crippen LogP contribution in [0.1, 0.15) is 62.5 Å². The smallest absolute Gasteiger partial charge is 0.316 e. The third kappa shape index (κ3) is 8.13. The monoisotopic (exact) mass is 515 g/mol. The van der Waals surface area contributed by atoms with Crippen molar-refractivity contribution < 1.29 is 27.2 Å². The van der Waals surface area contributed by atoms with Gasteiger partial charge in [0.2, 0.25) is 0 Å². The summed E-state index contributed by atoms with van der Waals surface area (Å²) >= 11 is 1.33. The van der Waals surface area contributed by atoms with Crippen molar-refractivity contribution in [3.05, 3.63) is 65.0 Å². The van der Waals surface area contributed by atoms with Crippen molar-refractivity contribution in [3.8, 4) is 0 Å². The fourth-order valence-corrected chi connectivity index (χ4v) is 5.95. The zero-order valence-electron chi connectivity index (χ0n) is 19.3. The average Bonchev–Trinajstić information content (AvgIpc) is 3.28. The van der Waals surface area contributed by atoms with Crippen molar-refractivity contribution in [2.45, 2.75) is 68.2 Å². The number of unbranched alkanes of at least 4 members (excludes halogenated alkanes) is 1. The maximum Gasteiger partial charge on any atom is 0.316 e. The first kappa shape index (κ1) is 27.3. The SMILES string of the molecule is O=[PH](O)OCCCNCc1cc(F)c(SCCCCC2(c3ccc(F)cc3)CCCC2)cc1F. The summed E-state index contributed by atoms with van der Waals surface area (Å²) in [7, 11) is -2.93. The van der Waals surface area contributed by atoms with Crippen LogP contribution in [0.5, 0.6) is 0 Å². The van der Waals surface area contributed by atoms with Gasteiger partial charge >= 0.3 is 8.25 Å².